The lowest BCUT2D eigenvalue weighted by Gasteiger charge is -2.11. The Labute approximate surface area is 87.8 Å². The van der Waals surface area contributed by atoms with Crippen LogP contribution in [-0.2, 0) is 4.74 Å². The number of benzene rings is 1. The van der Waals surface area contributed by atoms with Gasteiger partial charge in [-0.25, -0.2) is 9.18 Å². The van der Waals surface area contributed by atoms with Gasteiger partial charge < -0.3 is 9.47 Å². The second-order valence-electron chi connectivity index (χ2n) is 3.30. The summed E-state index contributed by atoms with van der Waals surface area (Å²) in [5.74, 6) is -0.937. The minimum absolute atomic E-state index is 0.0629. The molecular weight excluding hydrogens is 199 g/mol. The first-order valence-electron chi connectivity index (χ1n) is 4.59. The van der Waals surface area contributed by atoms with Gasteiger partial charge >= 0.3 is 5.97 Å². The number of ether oxygens (including phenoxy) is 2. The van der Waals surface area contributed by atoms with Crippen molar-refractivity contribution in [1.29, 1.82) is 0 Å². The molecule has 15 heavy (non-hydrogen) atoms. The quantitative estimate of drug-likeness (QED) is 0.722. The molecular formula is C11H13FO3. The Morgan fingerprint density at radius 3 is 2.60 bits per heavy atom. The monoisotopic (exact) mass is 212 g/mol. The van der Waals surface area contributed by atoms with Gasteiger partial charge in [0.05, 0.1) is 18.8 Å². The van der Waals surface area contributed by atoms with Crippen LogP contribution in [0.25, 0.3) is 0 Å². The Kier molecular flexibility index (Phi) is 3.66. The van der Waals surface area contributed by atoms with Crippen molar-refractivity contribution >= 4 is 5.97 Å². The molecule has 0 aliphatic rings. The number of rotatable bonds is 3. The third-order valence-electron chi connectivity index (χ3n) is 1.71. The van der Waals surface area contributed by atoms with Crippen LogP contribution in [0.15, 0.2) is 18.2 Å². The van der Waals surface area contributed by atoms with Gasteiger partial charge in [0, 0.05) is 0 Å². The van der Waals surface area contributed by atoms with Gasteiger partial charge in [-0.15, -0.1) is 0 Å². The van der Waals surface area contributed by atoms with E-state index in [-0.39, 0.29) is 17.4 Å². The summed E-state index contributed by atoms with van der Waals surface area (Å²) in [4.78, 5) is 11.2. The molecule has 0 aromatic heterocycles. The maximum absolute atomic E-state index is 13.2. The maximum atomic E-state index is 13.2. The van der Waals surface area contributed by atoms with Gasteiger partial charge in [0.15, 0.2) is 11.6 Å². The zero-order valence-electron chi connectivity index (χ0n) is 8.91. The Morgan fingerprint density at radius 1 is 1.40 bits per heavy atom. The average molecular weight is 212 g/mol. The van der Waals surface area contributed by atoms with E-state index in [2.05, 4.69) is 4.74 Å². The first kappa shape index (κ1) is 11.5. The van der Waals surface area contributed by atoms with Crippen LogP contribution in [-0.4, -0.2) is 19.2 Å². The molecule has 1 aromatic carbocycles. The zero-order chi connectivity index (χ0) is 11.4. The summed E-state index contributed by atoms with van der Waals surface area (Å²) in [6.07, 6.45) is -0.146. The Morgan fingerprint density at radius 2 is 2.07 bits per heavy atom. The molecule has 0 radical (unpaired) electrons. The first-order chi connectivity index (χ1) is 7.04. The van der Waals surface area contributed by atoms with Crippen LogP contribution in [0.1, 0.15) is 24.2 Å². The van der Waals surface area contributed by atoms with Crippen LogP contribution in [0.3, 0.4) is 0 Å². The van der Waals surface area contributed by atoms with Crippen molar-refractivity contribution in [3.05, 3.63) is 29.6 Å². The second-order valence-corrected chi connectivity index (χ2v) is 3.30. The van der Waals surface area contributed by atoms with Crippen molar-refractivity contribution in [3.63, 3.8) is 0 Å². The topological polar surface area (TPSA) is 35.5 Å². The molecule has 0 aliphatic heterocycles. The lowest BCUT2D eigenvalue weighted by molar-refractivity contribution is 0.0600. The van der Waals surface area contributed by atoms with Gasteiger partial charge in [-0.05, 0) is 32.0 Å². The fourth-order valence-corrected chi connectivity index (χ4v) is 1.09. The number of methoxy groups -OCH3 is 1. The van der Waals surface area contributed by atoms with E-state index in [4.69, 9.17) is 4.74 Å². The summed E-state index contributed by atoms with van der Waals surface area (Å²) in [5, 5.41) is 0. The van der Waals surface area contributed by atoms with E-state index in [1.54, 1.807) is 13.8 Å². The Bertz CT molecular complexity index is 361. The smallest absolute Gasteiger partial charge is 0.337 e. The maximum Gasteiger partial charge on any atom is 0.337 e. The van der Waals surface area contributed by atoms with Crippen LogP contribution < -0.4 is 4.74 Å². The molecule has 0 unspecified atom stereocenters. The number of hydrogen-bond acceptors (Lipinski definition) is 3. The van der Waals surface area contributed by atoms with Crippen molar-refractivity contribution in [3.8, 4) is 5.75 Å². The van der Waals surface area contributed by atoms with Crippen LogP contribution in [0.4, 0.5) is 4.39 Å². The molecule has 82 valence electrons. The highest BCUT2D eigenvalue weighted by Gasteiger charge is 2.11. The van der Waals surface area contributed by atoms with E-state index in [0.29, 0.717) is 0 Å². The van der Waals surface area contributed by atoms with Crippen molar-refractivity contribution in [2.24, 2.45) is 0 Å². The number of esters is 1. The normalized spacial score (nSPS) is 10.2. The minimum atomic E-state index is -0.511. The molecule has 0 amide bonds. The van der Waals surface area contributed by atoms with Crippen LogP contribution in [0.2, 0.25) is 0 Å². The third-order valence-corrected chi connectivity index (χ3v) is 1.71. The predicted octanol–water partition coefficient (Wildman–Crippen LogP) is 2.40. The summed E-state index contributed by atoms with van der Waals surface area (Å²) >= 11 is 0. The largest absolute Gasteiger partial charge is 0.488 e. The second kappa shape index (κ2) is 4.77. The molecule has 0 aliphatic carbocycles. The van der Waals surface area contributed by atoms with Gasteiger partial charge in [-0.2, -0.15) is 0 Å². The SMILES string of the molecule is COC(=O)c1ccc(F)c(OC(C)C)c1. The summed E-state index contributed by atoms with van der Waals surface area (Å²) in [6, 6.07) is 3.87. The van der Waals surface area contributed by atoms with Crippen molar-refractivity contribution < 1.29 is 18.7 Å². The van der Waals surface area contributed by atoms with E-state index in [9.17, 15) is 9.18 Å². The molecule has 1 rings (SSSR count). The van der Waals surface area contributed by atoms with Crippen molar-refractivity contribution in [2.75, 3.05) is 7.11 Å². The Hall–Kier alpha value is -1.58. The molecule has 0 saturated carbocycles. The standard InChI is InChI=1S/C11H13FO3/c1-7(2)15-10-6-8(11(13)14-3)4-5-9(10)12/h4-7H,1-3H3. The molecule has 0 saturated heterocycles. The molecule has 3 nitrogen and oxygen atoms in total. The lowest BCUT2D eigenvalue weighted by atomic mass is 10.2. The van der Waals surface area contributed by atoms with E-state index in [1.165, 1.54) is 25.3 Å². The molecule has 0 spiro atoms. The van der Waals surface area contributed by atoms with Gasteiger partial charge in [0.25, 0.3) is 0 Å². The van der Waals surface area contributed by atoms with Crippen LogP contribution in [0, 0.1) is 5.82 Å². The van der Waals surface area contributed by atoms with Gasteiger partial charge in [0.2, 0.25) is 0 Å². The molecule has 0 fully saturated rings. The Balaban J connectivity index is 2.99. The lowest BCUT2D eigenvalue weighted by Crippen LogP contribution is -2.08. The fourth-order valence-electron chi connectivity index (χ4n) is 1.09. The van der Waals surface area contributed by atoms with E-state index in [1.807, 2.05) is 0 Å². The van der Waals surface area contributed by atoms with Crippen molar-refractivity contribution in [2.45, 2.75) is 20.0 Å². The minimum Gasteiger partial charge on any atom is -0.488 e. The average Bonchev–Trinajstić information content (AvgIpc) is 2.19. The summed E-state index contributed by atoms with van der Waals surface area (Å²) in [5.41, 5.74) is 0.273. The number of halogens is 1. The predicted molar refractivity (Wildman–Crippen MR) is 53.5 cm³/mol. The fraction of sp³-hybridized carbons (Fsp3) is 0.364. The van der Waals surface area contributed by atoms with Crippen LogP contribution >= 0.6 is 0 Å². The molecule has 1 aromatic rings. The van der Waals surface area contributed by atoms with E-state index >= 15 is 0 Å². The van der Waals surface area contributed by atoms with E-state index < -0.39 is 11.8 Å². The summed E-state index contributed by atoms with van der Waals surface area (Å²) < 4.78 is 22.9. The summed E-state index contributed by atoms with van der Waals surface area (Å²) in [6.45, 7) is 3.56. The third kappa shape index (κ3) is 2.94. The highest BCUT2D eigenvalue weighted by molar-refractivity contribution is 5.89. The number of carbonyl (C=O) groups excluding carboxylic acids is 1. The summed E-state index contributed by atoms with van der Waals surface area (Å²) in [7, 11) is 1.27. The number of hydrogen-bond donors (Lipinski definition) is 0. The van der Waals surface area contributed by atoms with Gasteiger partial charge in [-0.3, -0.25) is 0 Å². The highest BCUT2D eigenvalue weighted by atomic mass is 19.1. The molecule has 4 heteroatoms. The van der Waals surface area contributed by atoms with Crippen molar-refractivity contribution in [1.82, 2.24) is 0 Å². The molecule has 0 atom stereocenters. The highest BCUT2D eigenvalue weighted by Crippen LogP contribution is 2.20. The molecule has 0 N–H and O–H groups in total. The van der Waals surface area contributed by atoms with Gasteiger partial charge in [0.1, 0.15) is 0 Å². The van der Waals surface area contributed by atoms with Gasteiger partial charge in [-0.1, -0.05) is 0 Å². The number of carbonyl (C=O) groups is 1. The molecule has 0 heterocycles. The van der Waals surface area contributed by atoms with E-state index in [0.717, 1.165) is 0 Å². The first-order valence-corrected chi connectivity index (χ1v) is 4.59. The molecule has 0 bridgehead atoms. The zero-order valence-corrected chi connectivity index (χ0v) is 8.91. The van der Waals surface area contributed by atoms with Crippen LogP contribution in [0.5, 0.6) is 5.75 Å².